The molecule has 0 aliphatic carbocycles. The van der Waals surface area contributed by atoms with Gasteiger partial charge in [-0.2, -0.15) is 0 Å². The van der Waals surface area contributed by atoms with Crippen LogP contribution in [0.2, 0.25) is 0 Å². The van der Waals surface area contributed by atoms with Crippen LogP contribution in [0.4, 0.5) is 4.39 Å². The largest absolute Gasteiger partial charge is 0.492 e. The molecule has 2 heterocycles. The average Bonchev–Trinajstić information content (AvgIpc) is 3.11. The number of halogens is 2. The molecule has 0 atom stereocenters. The highest BCUT2D eigenvalue weighted by molar-refractivity contribution is 9.10. The number of hydrogen-bond acceptors (Lipinski definition) is 3. The van der Waals surface area contributed by atoms with Crippen LogP contribution in [0.15, 0.2) is 34.8 Å². The molecule has 0 saturated heterocycles. The van der Waals surface area contributed by atoms with E-state index in [0.717, 1.165) is 12.0 Å². The summed E-state index contributed by atoms with van der Waals surface area (Å²) in [6.07, 6.45) is 2.29. The Labute approximate surface area is 134 Å². The molecular formula is C17H10BrFO3. The first kappa shape index (κ1) is 13.5. The van der Waals surface area contributed by atoms with Gasteiger partial charge in [-0.25, -0.2) is 9.18 Å². The fourth-order valence-electron chi connectivity index (χ4n) is 2.73. The number of fused-ring (bicyclic) bond motifs is 2. The van der Waals surface area contributed by atoms with E-state index in [1.54, 1.807) is 30.3 Å². The zero-order valence-corrected chi connectivity index (χ0v) is 12.9. The Morgan fingerprint density at radius 2 is 2.00 bits per heavy atom. The molecule has 2 aliphatic rings. The fraction of sp³-hybridized carbons (Fsp3) is 0.118. The Kier molecular flexibility index (Phi) is 3.04. The second-order valence-electron chi connectivity index (χ2n) is 5.12. The van der Waals surface area contributed by atoms with Crippen molar-refractivity contribution in [2.24, 2.45) is 0 Å². The highest BCUT2D eigenvalue weighted by atomic mass is 79.9. The highest BCUT2D eigenvalue weighted by Crippen LogP contribution is 2.39. The van der Waals surface area contributed by atoms with E-state index in [1.165, 1.54) is 0 Å². The number of cyclic esters (lactones) is 1. The number of rotatable bonds is 1. The first-order valence-corrected chi connectivity index (χ1v) is 7.61. The molecule has 0 amide bonds. The van der Waals surface area contributed by atoms with Crippen LogP contribution in [0.3, 0.4) is 0 Å². The monoisotopic (exact) mass is 360 g/mol. The van der Waals surface area contributed by atoms with E-state index in [-0.39, 0.29) is 0 Å². The Balaban J connectivity index is 1.85. The summed E-state index contributed by atoms with van der Waals surface area (Å²) in [5.74, 6) is 0.0909. The Morgan fingerprint density at radius 1 is 1.23 bits per heavy atom. The molecule has 2 aliphatic heterocycles. The molecule has 110 valence electrons. The minimum Gasteiger partial charge on any atom is -0.492 e. The van der Waals surface area contributed by atoms with Crippen molar-refractivity contribution < 1.29 is 18.7 Å². The summed E-state index contributed by atoms with van der Waals surface area (Å²) in [7, 11) is 0. The topological polar surface area (TPSA) is 35.5 Å². The molecule has 22 heavy (non-hydrogen) atoms. The van der Waals surface area contributed by atoms with E-state index < -0.39 is 11.8 Å². The maximum atomic E-state index is 14.5. The Morgan fingerprint density at radius 3 is 2.82 bits per heavy atom. The van der Waals surface area contributed by atoms with Crippen LogP contribution in [0.1, 0.15) is 27.0 Å². The van der Waals surface area contributed by atoms with Gasteiger partial charge in [0.25, 0.3) is 0 Å². The molecule has 5 heteroatoms. The van der Waals surface area contributed by atoms with Gasteiger partial charge in [-0.1, -0.05) is 18.2 Å². The van der Waals surface area contributed by atoms with Crippen LogP contribution in [-0.2, 0) is 11.2 Å². The van der Waals surface area contributed by atoms with Crippen LogP contribution in [0.5, 0.6) is 5.75 Å². The summed E-state index contributed by atoms with van der Waals surface area (Å²) in [6, 6.07) is 8.81. The van der Waals surface area contributed by atoms with Crippen molar-refractivity contribution in [3.63, 3.8) is 0 Å². The quantitative estimate of drug-likeness (QED) is 0.715. The van der Waals surface area contributed by atoms with Crippen LogP contribution in [0.25, 0.3) is 11.8 Å². The standard InChI is InChI=1S/C17H10BrFO3/c18-14-15(19)10(7-9-5-6-21-16(9)14)8-13-11-3-1-2-4-12(11)17(20)22-13/h1-4,7-8H,5-6H2. The van der Waals surface area contributed by atoms with Gasteiger partial charge in [0.1, 0.15) is 17.3 Å². The summed E-state index contributed by atoms with van der Waals surface area (Å²) in [5, 5.41) is 0. The van der Waals surface area contributed by atoms with E-state index in [9.17, 15) is 9.18 Å². The van der Waals surface area contributed by atoms with Crippen LogP contribution in [0, 0.1) is 5.82 Å². The lowest BCUT2D eigenvalue weighted by atomic mass is 10.0. The van der Waals surface area contributed by atoms with E-state index in [1.807, 2.05) is 6.07 Å². The molecule has 0 unspecified atom stereocenters. The van der Waals surface area contributed by atoms with Gasteiger partial charge < -0.3 is 9.47 Å². The predicted octanol–water partition coefficient (Wildman–Crippen LogP) is 4.19. The summed E-state index contributed by atoms with van der Waals surface area (Å²) in [6.45, 7) is 0.547. The molecule has 0 saturated carbocycles. The minimum absolute atomic E-state index is 0.312. The Hall–Kier alpha value is -2.14. The third kappa shape index (κ3) is 1.96. The van der Waals surface area contributed by atoms with Gasteiger partial charge in [-0.3, -0.25) is 0 Å². The number of carbonyl (C=O) groups is 1. The lowest BCUT2D eigenvalue weighted by Crippen LogP contribution is -1.93. The molecule has 4 rings (SSSR count). The van der Waals surface area contributed by atoms with Crippen molar-refractivity contribution in [3.05, 3.63) is 62.9 Å². The first-order chi connectivity index (χ1) is 10.6. The third-order valence-corrected chi connectivity index (χ3v) is 4.49. The lowest BCUT2D eigenvalue weighted by Gasteiger charge is -2.07. The summed E-state index contributed by atoms with van der Waals surface area (Å²) in [4.78, 5) is 11.8. The fourth-order valence-corrected chi connectivity index (χ4v) is 3.33. The van der Waals surface area contributed by atoms with Crippen molar-refractivity contribution in [2.45, 2.75) is 6.42 Å². The molecule has 0 N–H and O–H groups in total. The molecule has 3 nitrogen and oxygen atoms in total. The second kappa shape index (κ2) is 4.95. The van der Waals surface area contributed by atoms with Gasteiger partial charge in [0, 0.05) is 17.5 Å². The summed E-state index contributed by atoms with van der Waals surface area (Å²) < 4.78 is 25.5. The van der Waals surface area contributed by atoms with Crippen molar-refractivity contribution in [2.75, 3.05) is 6.61 Å². The number of hydrogen-bond donors (Lipinski definition) is 0. The molecular weight excluding hydrogens is 351 g/mol. The molecule has 0 spiro atoms. The predicted molar refractivity (Wildman–Crippen MR) is 83.0 cm³/mol. The van der Waals surface area contributed by atoms with Gasteiger partial charge >= 0.3 is 5.97 Å². The maximum Gasteiger partial charge on any atom is 0.344 e. The molecule has 0 aromatic heterocycles. The van der Waals surface area contributed by atoms with Crippen LogP contribution < -0.4 is 4.74 Å². The second-order valence-corrected chi connectivity index (χ2v) is 5.92. The van der Waals surface area contributed by atoms with Crippen molar-refractivity contribution >= 4 is 33.7 Å². The van der Waals surface area contributed by atoms with Crippen molar-refractivity contribution in [1.29, 1.82) is 0 Å². The molecule has 2 aromatic rings. The van der Waals surface area contributed by atoms with Gasteiger partial charge in [0.2, 0.25) is 0 Å². The zero-order chi connectivity index (χ0) is 15.3. The van der Waals surface area contributed by atoms with E-state index in [4.69, 9.17) is 9.47 Å². The number of carbonyl (C=O) groups excluding carboxylic acids is 1. The summed E-state index contributed by atoms with van der Waals surface area (Å²) >= 11 is 3.24. The van der Waals surface area contributed by atoms with E-state index in [0.29, 0.717) is 39.3 Å². The Bertz CT molecular complexity index is 842. The highest BCUT2D eigenvalue weighted by Gasteiger charge is 2.27. The molecule has 0 radical (unpaired) electrons. The van der Waals surface area contributed by atoms with Crippen LogP contribution >= 0.6 is 15.9 Å². The first-order valence-electron chi connectivity index (χ1n) is 6.82. The number of esters is 1. The molecule has 0 bridgehead atoms. The minimum atomic E-state index is -0.423. The molecule has 0 fully saturated rings. The van der Waals surface area contributed by atoms with Crippen molar-refractivity contribution in [1.82, 2.24) is 0 Å². The van der Waals surface area contributed by atoms with Gasteiger partial charge in [-0.15, -0.1) is 0 Å². The maximum absolute atomic E-state index is 14.5. The van der Waals surface area contributed by atoms with Crippen LogP contribution in [-0.4, -0.2) is 12.6 Å². The average molecular weight is 361 g/mol. The van der Waals surface area contributed by atoms with Gasteiger partial charge in [0.15, 0.2) is 0 Å². The van der Waals surface area contributed by atoms with Crippen molar-refractivity contribution in [3.8, 4) is 5.75 Å². The number of benzene rings is 2. The van der Waals surface area contributed by atoms with Gasteiger partial charge in [-0.05, 0) is 39.7 Å². The zero-order valence-electron chi connectivity index (χ0n) is 11.4. The lowest BCUT2D eigenvalue weighted by molar-refractivity contribution is 0.0717. The normalized spacial score (nSPS) is 17.2. The van der Waals surface area contributed by atoms with E-state index >= 15 is 0 Å². The summed E-state index contributed by atoms with van der Waals surface area (Å²) in [5.41, 5.74) is 2.49. The smallest absolute Gasteiger partial charge is 0.344 e. The van der Waals surface area contributed by atoms with E-state index in [2.05, 4.69) is 15.9 Å². The molecule has 2 aromatic carbocycles. The van der Waals surface area contributed by atoms with Gasteiger partial charge in [0.05, 0.1) is 16.6 Å². The SMILES string of the molecule is O=C1OC(=Cc2cc3c(c(Br)c2F)OCC3)c2ccccc21. The third-order valence-electron chi connectivity index (χ3n) is 3.79. The number of ether oxygens (including phenoxy) is 2.